The zero-order valence-corrected chi connectivity index (χ0v) is 16.1. The van der Waals surface area contributed by atoms with Crippen LogP contribution in [-0.2, 0) is 9.53 Å². The Balaban J connectivity index is 1.93. The average Bonchev–Trinajstić information content (AvgIpc) is 3.08. The van der Waals surface area contributed by atoms with Gasteiger partial charge in [-0.3, -0.25) is 0 Å². The summed E-state index contributed by atoms with van der Waals surface area (Å²) in [5.41, 5.74) is 1.55. The molecular weight excluding hydrogens is 362 g/mol. The molecule has 0 N–H and O–H groups in total. The molecule has 0 saturated carbocycles. The molecule has 146 valence electrons. The highest BCUT2D eigenvalue weighted by Gasteiger charge is 2.26. The number of aliphatic imine (C=N–C) groups is 1. The molecule has 1 heterocycles. The lowest BCUT2D eigenvalue weighted by molar-refractivity contribution is -0.129. The number of ether oxygens (including phenoxy) is 5. The number of esters is 1. The van der Waals surface area contributed by atoms with Crippen LogP contribution in [0.2, 0.25) is 0 Å². The smallest absolute Gasteiger partial charge is 0.363 e. The van der Waals surface area contributed by atoms with Gasteiger partial charge in [-0.25, -0.2) is 9.79 Å². The Morgan fingerprint density at radius 2 is 1.64 bits per heavy atom. The molecule has 0 aromatic heterocycles. The van der Waals surface area contributed by atoms with Gasteiger partial charge in [-0.2, -0.15) is 0 Å². The molecule has 2 aromatic rings. The van der Waals surface area contributed by atoms with Crippen LogP contribution in [0.1, 0.15) is 18.1 Å². The summed E-state index contributed by atoms with van der Waals surface area (Å²) in [6.45, 7) is 2.51. The van der Waals surface area contributed by atoms with E-state index in [1.54, 1.807) is 18.2 Å². The third-order valence-electron chi connectivity index (χ3n) is 4.03. The number of hydrogen-bond donors (Lipinski definition) is 0. The molecule has 0 radical (unpaired) electrons. The minimum absolute atomic E-state index is 0.168. The summed E-state index contributed by atoms with van der Waals surface area (Å²) in [6.07, 6.45) is 1.66. The lowest BCUT2D eigenvalue weighted by Gasteiger charge is -2.13. The van der Waals surface area contributed by atoms with Gasteiger partial charge in [0, 0.05) is 5.56 Å². The van der Waals surface area contributed by atoms with Crippen molar-refractivity contribution in [2.24, 2.45) is 4.99 Å². The monoisotopic (exact) mass is 383 g/mol. The SMILES string of the molecule is CCOc1ccc(/C=C2/N=C(c3cc(OC)c(OC)c(OC)c3)OC2=O)cc1. The van der Waals surface area contributed by atoms with E-state index in [2.05, 4.69) is 4.99 Å². The maximum atomic E-state index is 12.2. The number of benzene rings is 2. The van der Waals surface area contributed by atoms with Gasteiger partial charge in [-0.15, -0.1) is 0 Å². The van der Waals surface area contributed by atoms with Crippen LogP contribution in [0.25, 0.3) is 6.08 Å². The fourth-order valence-corrected chi connectivity index (χ4v) is 2.72. The molecule has 7 nitrogen and oxygen atoms in total. The summed E-state index contributed by atoms with van der Waals surface area (Å²) in [5.74, 6) is 1.74. The Hall–Kier alpha value is -3.48. The van der Waals surface area contributed by atoms with Crippen LogP contribution < -0.4 is 18.9 Å². The third kappa shape index (κ3) is 3.93. The predicted octanol–water partition coefficient (Wildman–Crippen LogP) is 3.46. The number of nitrogens with zero attached hydrogens (tertiary/aromatic N) is 1. The van der Waals surface area contributed by atoms with Gasteiger partial charge in [0.05, 0.1) is 27.9 Å². The molecule has 3 rings (SSSR count). The van der Waals surface area contributed by atoms with E-state index in [0.717, 1.165) is 11.3 Å². The van der Waals surface area contributed by atoms with Crippen LogP contribution in [0.4, 0.5) is 0 Å². The zero-order valence-electron chi connectivity index (χ0n) is 16.1. The molecule has 7 heteroatoms. The molecule has 0 aliphatic carbocycles. The van der Waals surface area contributed by atoms with E-state index in [4.69, 9.17) is 23.7 Å². The minimum Gasteiger partial charge on any atom is -0.494 e. The molecular formula is C21H21NO6. The molecule has 0 fully saturated rings. The van der Waals surface area contributed by atoms with Crippen molar-refractivity contribution in [3.05, 3.63) is 53.2 Å². The molecule has 0 bridgehead atoms. The predicted molar refractivity (Wildman–Crippen MR) is 104 cm³/mol. The van der Waals surface area contributed by atoms with Crippen molar-refractivity contribution < 1.29 is 28.5 Å². The number of carbonyl (C=O) groups is 1. The summed E-state index contributed by atoms with van der Waals surface area (Å²) in [6, 6.07) is 10.7. The Bertz CT molecular complexity index is 905. The summed E-state index contributed by atoms with van der Waals surface area (Å²) < 4.78 is 26.7. The van der Waals surface area contributed by atoms with Gasteiger partial charge < -0.3 is 23.7 Å². The van der Waals surface area contributed by atoms with Crippen LogP contribution in [0.3, 0.4) is 0 Å². The van der Waals surface area contributed by atoms with Crippen LogP contribution >= 0.6 is 0 Å². The van der Waals surface area contributed by atoms with Crippen molar-refractivity contribution in [1.29, 1.82) is 0 Å². The summed E-state index contributed by atoms with van der Waals surface area (Å²) >= 11 is 0. The van der Waals surface area contributed by atoms with Crippen molar-refractivity contribution in [3.63, 3.8) is 0 Å². The van der Waals surface area contributed by atoms with Gasteiger partial charge in [0.15, 0.2) is 17.2 Å². The van der Waals surface area contributed by atoms with E-state index < -0.39 is 5.97 Å². The van der Waals surface area contributed by atoms with Crippen molar-refractivity contribution >= 4 is 17.9 Å². The van der Waals surface area contributed by atoms with Gasteiger partial charge in [0.1, 0.15) is 5.75 Å². The van der Waals surface area contributed by atoms with E-state index in [-0.39, 0.29) is 11.6 Å². The van der Waals surface area contributed by atoms with E-state index >= 15 is 0 Å². The number of carbonyl (C=O) groups excluding carboxylic acids is 1. The van der Waals surface area contributed by atoms with Crippen LogP contribution in [0, 0.1) is 0 Å². The first-order valence-electron chi connectivity index (χ1n) is 8.65. The van der Waals surface area contributed by atoms with E-state index in [1.807, 2.05) is 31.2 Å². The largest absolute Gasteiger partial charge is 0.494 e. The van der Waals surface area contributed by atoms with Crippen LogP contribution in [-0.4, -0.2) is 39.8 Å². The fraction of sp³-hybridized carbons (Fsp3) is 0.238. The second-order valence-corrected chi connectivity index (χ2v) is 5.75. The first kappa shape index (κ1) is 19.3. The average molecular weight is 383 g/mol. The Kier molecular flexibility index (Phi) is 5.84. The number of hydrogen-bond acceptors (Lipinski definition) is 7. The molecule has 1 aliphatic heterocycles. The number of rotatable bonds is 7. The van der Waals surface area contributed by atoms with E-state index in [0.29, 0.717) is 29.4 Å². The number of methoxy groups -OCH3 is 3. The third-order valence-corrected chi connectivity index (χ3v) is 4.03. The topological polar surface area (TPSA) is 75.6 Å². The second kappa shape index (κ2) is 8.47. The first-order chi connectivity index (χ1) is 13.6. The van der Waals surface area contributed by atoms with Gasteiger partial charge in [0.2, 0.25) is 11.6 Å². The Morgan fingerprint density at radius 3 is 2.18 bits per heavy atom. The zero-order chi connectivity index (χ0) is 20.1. The second-order valence-electron chi connectivity index (χ2n) is 5.75. The molecule has 0 spiro atoms. The maximum Gasteiger partial charge on any atom is 0.363 e. The van der Waals surface area contributed by atoms with Gasteiger partial charge in [-0.05, 0) is 42.8 Å². The fourth-order valence-electron chi connectivity index (χ4n) is 2.72. The number of cyclic esters (lactones) is 1. The lowest BCUT2D eigenvalue weighted by atomic mass is 10.1. The quantitative estimate of drug-likeness (QED) is 0.538. The highest BCUT2D eigenvalue weighted by atomic mass is 16.6. The van der Waals surface area contributed by atoms with Crippen molar-refractivity contribution in [2.45, 2.75) is 6.92 Å². The highest BCUT2D eigenvalue weighted by molar-refractivity contribution is 6.13. The highest BCUT2D eigenvalue weighted by Crippen LogP contribution is 2.39. The summed E-state index contributed by atoms with van der Waals surface area (Å²) in [7, 11) is 4.55. The van der Waals surface area contributed by atoms with Gasteiger partial charge >= 0.3 is 5.97 Å². The maximum absolute atomic E-state index is 12.2. The molecule has 0 atom stereocenters. The minimum atomic E-state index is -0.530. The van der Waals surface area contributed by atoms with Crippen molar-refractivity contribution in [3.8, 4) is 23.0 Å². The standard InChI is InChI=1S/C21H21NO6/c1-5-27-15-8-6-13(7-9-15)10-16-21(23)28-20(22-16)14-11-17(24-2)19(26-4)18(12-14)25-3/h6-12H,5H2,1-4H3/b16-10+. The summed E-state index contributed by atoms with van der Waals surface area (Å²) in [5, 5.41) is 0. The molecule has 0 saturated heterocycles. The molecule has 28 heavy (non-hydrogen) atoms. The van der Waals surface area contributed by atoms with E-state index in [1.165, 1.54) is 21.3 Å². The Labute approximate surface area is 163 Å². The van der Waals surface area contributed by atoms with Crippen LogP contribution in [0.5, 0.6) is 23.0 Å². The van der Waals surface area contributed by atoms with Gasteiger partial charge in [-0.1, -0.05) is 12.1 Å². The van der Waals surface area contributed by atoms with Crippen molar-refractivity contribution in [2.75, 3.05) is 27.9 Å². The molecule has 1 aliphatic rings. The first-order valence-corrected chi connectivity index (χ1v) is 8.65. The normalized spacial score (nSPS) is 14.5. The lowest BCUT2D eigenvalue weighted by Crippen LogP contribution is -2.06. The van der Waals surface area contributed by atoms with Crippen LogP contribution in [0.15, 0.2) is 47.1 Å². The van der Waals surface area contributed by atoms with E-state index in [9.17, 15) is 4.79 Å². The van der Waals surface area contributed by atoms with Crippen molar-refractivity contribution in [1.82, 2.24) is 0 Å². The summed E-state index contributed by atoms with van der Waals surface area (Å²) in [4.78, 5) is 16.6. The Morgan fingerprint density at radius 1 is 1.00 bits per heavy atom. The molecule has 2 aromatic carbocycles. The molecule has 0 amide bonds. The van der Waals surface area contributed by atoms with Gasteiger partial charge in [0.25, 0.3) is 0 Å². The molecule has 0 unspecified atom stereocenters.